The highest BCUT2D eigenvalue weighted by atomic mass is 32.1. The molecule has 3 heterocycles. The number of fused-ring (bicyclic) bond motifs is 1. The largest absolute Gasteiger partial charge is 0.324 e. The Morgan fingerprint density at radius 2 is 2.14 bits per heavy atom. The number of imidazole rings is 1. The van der Waals surface area contributed by atoms with E-state index >= 15 is 0 Å². The highest BCUT2D eigenvalue weighted by Crippen LogP contribution is 2.38. The predicted molar refractivity (Wildman–Crippen MR) is 108 cm³/mol. The lowest BCUT2D eigenvalue weighted by Crippen LogP contribution is -2.29. The van der Waals surface area contributed by atoms with Gasteiger partial charge in [-0.1, -0.05) is 12.1 Å². The number of carbonyl (C=O) groups is 1. The zero-order valence-corrected chi connectivity index (χ0v) is 15.7. The van der Waals surface area contributed by atoms with Crippen molar-refractivity contribution < 1.29 is 4.79 Å². The van der Waals surface area contributed by atoms with E-state index in [9.17, 15) is 9.59 Å². The summed E-state index contributed by atoms with van der Waals surface area (Å²) < 4.78 is 3.20. The molecule has 3 aromatic heterocycles. The molecule has 1 aliphatic carbocycles. The molecule has 1 aliphatic rings. The minimum absolute atomic E-state index is 0.107. The van der Waals surface area contributed by atoms with E-state index < -0.39 is 0 Å². The Bertz CT molecular complexity index is 1210. The molecule has 0 radical (unpaired) electrons. The van der Waals surface area contributed by atoms with Gasteiger partial charge in [-0.25, -0.2) is 9.67 Å². The molecule has 5 rings (SSSR count). The van der Waals surface area contributed by atoms with E-state index in [4.69, 9.17) is 0 Å². The number of hydrogen-bond donors (Lipinski definition) is 1. The Labute approximate surface area is 164 Å². The Morgan fingerprint density at radius 1 is 1.25 bits per heavy atom. The maximum atomic E-state index is 12.4. The van der Waals surface area contributed by atoms with Crippen LogP contribution >= 0.6 is 11.3 Å². The molecule has 1 N–H and O–H groups in total. The number of hydrogen-bond acceptors (Lipinski definition) is 5. The van der Waals surface area contributed by atoms with Gasteiger partial charge in [-0.05, 0) is 31.0 Å². The summed E-state index contributed by atoms with van der Waals surface area (Å²) in [5.41, 5.74) is 3.03. The molecule has 0 unspecified atom stereocenters. The number of thiazole rings is 1. The van der Waals surface area contributed by atoms with Gasteiger partial charge in [0.15, 0.2) is 4.96 Å². The van der Waals surface area contributed by atoms with Gasteiger partial charge < -0.3 is 5.32 Å². The smallest absolute Gasteiger partial charge is 0.267 e. The van der Waals surface area contributed by atoms with Gasteiger partial charge in [0.2, 0.25) is 5.91 Å². The second-order valence-electron chi connectivity index (χ2n) is 6.88. The van der Waals surface area contributed by atoms with E-state index in [1.807, 2.05) is 46.4 Å². The second-order valence-corrected chi connectivity index (χ2v) is 7.75. The van der Waals surface area contributed by atoms with Gasteiger partial charge in [0, 0.05) is 41.0 Å². The quantitative estimate of drug-likeness (QED) is 0.567. The number of rotatable bonds is 5. The molecule has 1 saturated carbocycles. The van der Waals surface area contributed by atoms with Crippen LogP contribution in [0.15, 0.2) is 59.0 Å². The summed E-state index contributed by atoms with van der Waals surface area (Å²) >= 11 is 1.57. The number of nitrogens with one attached hydrogen (secondary N) is 1. The summed E-state index contributed by atoms with van der Waals surface area (Å²) in [5.74, 6) is 0.140. The topological polar surface area (TPSA) is 81.3 Å². The van der Waals surface area contributed by atoms with Gasteiger partial charge >= 0.3 is 0 Å². The van der Waals surface area contributed by atoms with Gasteiger partial charge in [0.05, 0.1) is 11.4 Å². The van der Waals surface area contributed by atoms with Crippen LogP contribution in [-0.2, 0) is 11.3 Å². The Balaban J connectivity index is 1.33. The maximum absolute atomic E-state index is 12.4. The lowest BCUT2D eigenvalue weighted by molar-refractivity contribution is -0.117. The number of benzene rings is 1. The Hall–Kier alpha value is -3.26. The average Bonchev–Trinajstić information content (AvgIpc) is 3.30. The summed E-state index contributed by atoms with van der Waals surface area (Å²) in [6, 6.07) is 10.8. The van der Waals surface area contributed by atoms with Crippen molar-refractivity contribution in [2.75, 3.05) is 5.32 Å². The molecule has 8 heteroatoms. The summed E-state index contributed by atoms with van der Waals surface area (Å²) in [6.07, 6.45) is 6.11. The van der Waals surface area contributed by atoms with Crippen molar-refractivity contribution in [3.8, 4) is 11.3 Å². The highest BCUT2D eigenvalue weighted by molar-refractivity contribution is 7.15. The number of amides is 1. The van der Waals surface area contributed by atoms with Crippen LogP contribution in [0, 0.1) is 0 Å². The standard InChI is InChI=1S/C20H17N5O2S/c26-18(12-25-19(27)7-6-16(23-25)13-4-5-13)21-15-3-1-2-14(10-15)17-11-24-8-9-28-20(24)22-17/h1-3,6-11,13H,4-5,12H2,(H,21,26). The first-order valence-corrected chi connectivity index (χ1v) is 9.94. The third-order valence-corrected chi connectivity index (χ3v) is 5.48. The van der Waals surface area contributed by atoms with Crippen molar-refractivity contribution in [2.24, 2.45) is 0 Å². The number of anilines is 1. The van der Waals surface area contributed by atoms with Crippen LogP contribution in [-0.4, -0.2) is 25.1 Å². The zero-order chi connectivity index (χ0) is 19.1. The van der Waals surface area contributed by atoms with Gasteiger partial charge in [-0.15, -0.1) is 11.3 Å². The van der Waals surface area contributed by atoms with Crippen LogP contribution < -0.4 is 10.9 Å². The number of nitrogens with zero attached hydrogens (tertiary/aromatic N) is 4. The summed E-state index contributed by atoms with van der Waals surface area (Å²) in [7, 11) is 0. The fourth-order valence-electron chi connectivity index (χ4n) is 3.13. The van der Waals surface area contributed by atoms with E-state index in [-0.39, 0.29) is 18.0 Å². The van der Waals surface area contributed by atoms with Crippen LogP contribution in [0.5, 0.6) is 0 Å². The fraction of sp³-hybridized carbons (Fsp3) is 0.200. The Morgan fingerprint density at radius 3 is 2.96 bits per heavy atom. The molecular formula is C20H17N5O2S. The maximum Gasteiger partial charge on any atom is 0.267 e. The number of carbonyl (C=O) groups excluding carboxylic acids is 1. The van der Waals surface area contributed by atoms with Crippen LogP contribution in [0.1, 0.15) is 24.5 Å². The molecule has 0 aliphatic heterocycles. The molecule has 7 nitrogen and oxygen atoms in total. The summed E-state index contributed by atoms with van der Waals surface area (Å²) in [4.78, 5) is 30.0. The first-order chi connectivity index (χ1) is 13.7. The molecule has 0 bridgehead atoms. The molecule has 0 saturated heterocycles. The molecule has 0 spiro atoms. The average molecular weight is 391 g/mol. The van der Waals surface area contributed by atoms with Crippen molar-refractivity contribution >= 4 is 27.9 Å². The van der Waals surface area contributed by atoms with Crippen molar-refractivity contribution in [1.82, 2.24) is 19.2 Å². The third-order valence-electron chi connectivity index (χ3n) is 4.71. The predicted octanol–water partition coefficient (Wildman–Crippen LogP) is 3.14. The SMILES string of the molecule is O=C(Cn1nc(C2CC2)ccc1=O)Nc1cccc(-c2cn3ccsc3n2)c1. The Kier molecular flexibility index (Phi) is 4.05. The van der Waals surface area contributed by atoms with Gasteiger partial charge in [0.25, 0.3) is 5.56 Å². The monoisotopic (exact) mass is 391 g/mol. The molecule has 0 atom stereocenters. The number of aromatic nitrogens is 4. The van der Waals surface area contributed by atoms with Crippen LogP contribution in [0.25, 0.3) is 16.2 Å². The zero-order valence-electron chi connectivity index (χ0n) is 14.9. The normalized spacial score (nSPS) is 13.7. The second kappa shape index (κ2) is 6.72. The minimum Gasteiger partial charge on any atom is -0.324 e. The van der Waals surface area contributed by atoms with E-state index in [2.05, 4.69) is 15.4 Å². The van der Waals surface area contributed by atoms with Crippen molar-refractivity contribution in [3.63, 3.8) is 0 Å². The molecule has 140 valence electrons. The van der Waals surface area contributed by atoms with E-state index in [1.54, 1.807) is 17.4 Å². The van der Waals surface area contributed by atoms with Crippen molar-refractivity contribution in [1.29, 1.82) is 0 Å². The lowest BCUT2D eigenvalue weighted by atomic mass is 10.1. The first-order valence-electron chi connectivity index (χ1n) is 9.06. The molecule has 1 amide bonds. The molecule has 4 aromatic rings. The molecule has 28 heavy (non-hydrogen) atoms. The van der Waals surface area contributed by atoms with Gasteiger partial charge in [0.1, 0.15) is 6.54 Å². The highest BCUT2D eigenvalue weighted by Gasteiger charge is 2.25. The van der Waals surface area contributed by atoms with E-state index in [1.165, 1.54) is 10.7 Å². The summed E-state index contributed by atoms with van der Waals surface area (Å²) in [5, 5.41) is 9.16. The summed E-state index contributed by atoms with van der Waals surface area (Å²) in [6.45, 7) is -0.107. The fourth-order valence-corrected chi connectivity index (χ4v) is 3.83. The van der Waals surface area contributed by atoms with E-state index in [0.717, 1.165) is 34.8 Å². The minimum atomic E-state index is -0.287. The van der Waals surface area contributed by atoms with Crippen molar-refractivity contribution in [2.45, 2.75) is 25.3 Å². The molecule has 1 aromatic carbocycles. The van der Waals surface area contributed by atoms with Crippen LogP contribution in [0.3, 0.4) is 0 Å². The van der Waals surface area contributed by atoms with E-state index in [0.29, 0.717) is 11.6 Å². The molecule has 1 fully saturated rings. The van der Waals surface area contributed by atoms with Gasteiger partial charge in [-0.2, -0.15) is 5.10 Å². The van der Waals surface area contributed by atoms with Crippen molar-refractivity contribution in [3.05, 3.63) is 70.2 Å². The molecular weight excluding hydrogens is 374 g/mol. The first kappa shape index (κ1) is 16.9. The van der Waals surface area contributed by atoms with Gasteiger partial charge in [-0.3, -0.25) is 14.0 Å². The van der Waals surface area contributed by atoms with Crippen LogP contribution in [0.2, 0.25) is 0 Å². The third kappa shape index (κ3) is 3.34. The van der Waals surface area contributed by atoms with Crippen LogP contribution in [0.4, 0.5) is 5.69 Å². The lowest BCUT2D eigenvalue weighted by Gasteiger charge is -2.09.